The van der Waals surface area contributed by atoms with Crippen molar-refractivity contribution in [3.05, 3.63) is 28.2 Å². The highest BCUT2D eigenvalue weighted by Crippen LogP contribution is 2.21. The molecule has 1 aromatic rings. The Labute approximate surface area is 124 Å². The maximum atomic E-state index is 5.84. The third-order valence-electron chi connectivity index (χ3n) is 2.90. The third kappa shape index (κ3) is 6.38. The number of benzene rings is 1. The number of hydrogen-bond acceptors (Lipinski definition) is 4. The topological polar surface area (TPSA) is 47.7 Å². The second-order valence-corrected chi connectivity index (χ2v) is 5.32. The molecule has 19 heavy (non-hydrogen) atoms. The Hall–Kier alpha value is -0.620. The Morgan fingerprint density at radius 3 is 2.58 bits per heavy atom. The molecular weight excluding hydrogens is 308 g/mol. The van der Waals surface area contributed by atoms with Crippen LogP contribution in [-0.4, -0.2) is 45.4 Å². The predicted octanol–water partition coefficient (Wildman–Crippen LogP) is 2.52. The minimum Gasteiger partial charge on any atom is -0.399 e. The van der Waals surface area contributed by atoms with Crippen LogP contribution in [0.5, 0.6) is 0 Å². The molecule has 0 aliphatic rings. The van der Waals surface area contributed by atoms with Crippen molar-refractivity contribution < 1.29 is 9.47 Å². The van der Waals surface area contributed by atoms with Gasteiger partial charge in [-0.3, -0.25) is 4.90 Å². The van der Waals surface area contributed by atoms with Gasteiger partial charge in [0.2, 0.25) is 0 Å². The van der Waals surface area contributed by atoms with Gasteiger partial charge >= 0.3 is 0 Å². The highest BCUT2D eigenvalue weighted by molar-refractivity contribution is 9.10. The van der Waals surface area contributed by atoms with E-state index in [1.165, 1.54) is 5.56 Å². The quantitative estimate of drug-likeness (QED) is 0.558. The minimum atomic E-state index is 0.729. The van der Waals surface area contributed by atoms with Crippen LogP contribution in [0.2, 0.25) is 0 Å². The van der Waals surface area contributed by atoms with Gasteiger partial charge in [0.1, 0.15) is 0 Å². The normalized spacial score (nSPS) is 11.2. The molecule has 0 saturated heterocycles. The van der Waals surface area contributed by atoms with E-state index in [1.807, 2.05) is 18.2 Å². The highest BCUT2D eigenvalue weighted by Gasteiger charge is 2.08. The summed E-state index contributed by atoms with van der Waals surface area (Å²) in [5.41, 5.74) is 7.84. The van der Waals surface area contributed by atoms with Crippen LogP contribution in [0.25, 0.3) is 0 Å². The molecule has 0 bridgehead atoms. The molecule has 0 aromatic heterocycles. The van der Waals surface area contributed by atoms with Gasteiger partial charge in [-0.15, -0.1) is 0 Å². The molecule has 0 heterocycles. The number of nitrogen functional groups attached to an aromatic ring is 1. The van der Waals surface area contributed by atoms with E-state index in [2.05, 4.69) is 20.8 Å². The van der Waals surface area contributed by atoms with E-state index in [0.29, 0.717) is 0 Å². The number of ether oxygens (including phenoxy) is 2. The van der Waals surface area contributed by atoms with Crippen molar-refractivity contribution >= 4 is 21.6 Å². The van der Waals surface area contributed by atoms with Crippen molar-refractivity contribution in [2.45, 2.75) is 13.0 Å². The highest BCUT2D eigenvalue weighted by atomic mass is 79.9. The average molecular weight is 331 g/mol. The first kappa shape index (κ1) is 16.4. The van der Waals surface area contributed by atoms with Crippen LogP contribution in [-0.2, 0) is 16.0 Å². The standard InChI is InChI=1S/C14H23BrN2O2/c1-18-8-3-6-17(7-9-19-2)11-12-10-13(16)4-5-14(12)15/h4-5,10H,3,6-9,11,16H2,1-2H3. The largest absolute Gasteiger partial charge is 0.399 e. The molecular formula is C14H23BrN2O2. The number of anilines is 1. The summed E-state index contributed by atoms with van der Waals surface area (Å²) in [6.45, 7) is 4.26. The lowest BCUT2D eigenvalue weighted by atomic mass is 10.2. The van der Waals surface area contributed by atoms with Crippen LogP contribution in [0.4, 0.5) is 5.69 Å². The molecule has 0 fully saturated rings. The molecule has 1 rings (SSSR count). The SMILES string of the molecule is COCCCN(CCOC)Cc1cc(N)ccc1Br. The summed E-state index contributed by atoms with van der Waals surface area (Å²) in [4.78, 5) is 2.35. The summed E-state index contributed by atoms with van der Waals surface area (Å²) in [5, 5.41) is 0. The van der Waals surface area contributed by atoms with Gasteiger partial charge in [-0.1, -0.05) is 15.9 Å². The van der Waals surface area contributed by atoms with Crippen molar-refractivity contribution in [2.24, 2.45) is 0 Å². The molecule has 4 nitrogen and oxygen atoms in total. The smallest absolute Gasteiger partial charge is 0.0589 e. The molecule has 0 radical (unpaired) electrons. The maximum Gasteiger partial charge on any atom is 0.0589 e. The fourth-order valence-corrected chi connectivity index (χ4v) is 2.25. The summed E-state index contributed by atoms with van der Waals surface area (Å²) in [7, 11) is 3.46. The average Bonchev–Trinajstić information content (AvgIpc) is 2.40. The lowest BCUT2D eigenvalue weighted by Crippen LogP contribution is -2.29. The number of methoxy groups -OCH3 is 2. The van der Waals surface area contributed by atoms with Crippen LogP contribution < -0.4 is 5.73 Å². The first-order valence-electron chi connectivity index (χ1n) is 6.41. The van der Waals surface area contributed by atoms with Gasteiger partial charge in [0.05, 0.1) is 6.61 Å². The summed E-state index contributed by atoms with van der Waals surface area (Å²) < 4.78 is 11.4. The molecule has 0 saturated carbocycles. The zero-order chi connectivity index (χ0) is 14.1. The van der Waals surface area contributed by atoms with Gasteiger partial charge < -0.3 is 15.2 Å². The Balaban J connectivity index is 2.61. The molecule has 1 aromatic carbocycles. The van der Waals surface area contributed by atoms with Crippen molar-refractivity contribution in [3.8, 4) is 0 Å². The van der Waals surface area contributed by atoms with E-state index in [1.54, 1.807) is 14.2 Å². The van der Waals surface area contributed by atoms with Crippen LogP contribution in [0, 0.1) is 0 Å². The lowest BCUT2D eigenvalue weighted by molar-refractivity contribution is 0.129. The minimum absolute atomic E-state index is 0.729. The van der Waals surface area contributed by atoms with Gasteiger partial charge in [0.15, 0.2) is 0 Å². The molecule has 0 spiro atoms. The first-order valence-corrected chi connectivity index (χ1v) is 7.20. The van der Waals surface area contributed by atoms with E-state index in [-0.39, 0.29) is 0 Å². The number of nitrogens with two attached hydrogens (primary N) is 1. The molecule has 0 unspecified atom stereocenters. The summed E-state index contributed by atoms with van der Waals surface area (Å²) in [6.07, 6.45) is 1.01. The van der Waals surface area contributed by atoms with Gasteiger partial charge in [0.25, 0.3) is 0 Å². The van der Waals surface area contributed by atoms with Crippen molar-refractivity contribution in [1.29, 1.82) is 0 Å². The molecule has 0 atom stereocenters. The van der Waals surface area contributed by atoms with Crippen LogP contribution >= 0.6 is 15.9 Å². The third-order valence-corrected chi connectivity index (χ3v) is 3.67. The predicted molar refractivity (Wildman–Crippen MR) is 82.2 cm³/mol. The fraction of sp³-hybridized carbons (Fsp3) is 0.571. The monoisotopic (exact) mass is 330 g/mol. The zero-order valence-corrected chi connectivity index (χ0v) is 13.3. The van der Waals surface area contributed by atoms with Crippen molar-refractivity contribution in [3.63, 3.8) is 0 Å². The number of hydrogen-bond donors (Lipinski definition) is 1. The summed E-state index contributed by atoms with van der Waals surface area (Å²) >= 11 is 3.57. The number of nitrogens with zero attached hydrogens (tertiary/aromatic N) is 1. The molecule has 2 N–H and O–H groups in total. The van der Waals surface area contributed by atoms with Crippen LogP contribution in [0.1, 0.15) is 12.0 Å². The van der Waals surface area contributed by atoms with Gasteiger partial charge in [0, 0.05) is 50.6 Å². The first-order chi connectivity index (χ1) is 9.17. The van der Waals surface area contributed by atoms with E-state index in [0.717, 1.165) is 49.4 Å². The number of rotatable bonds is 9. The number of halogens is 1. The molecule has 108 valence electrons. The maximum absolute atomic E-state index is 5.84. The van der Waals surface area contributed by atoms with Gasteiger partial charge in [-0.25, -0.2) is 0 Å². The van der Waals surface area contributed by atoms with Crippen molar-refractivity contribution in [2.75, 3.05) is 46.3 Å². The molecule has 0 amide bonds. The summed E-state index contributed by atoms with van der Waals surface area (Å²) in [6, 6.07) is 5.91. The Kier molecular flexibility index (Phi) is 8.05. The van der Waals surface area contributed by atoms with Gasteiger partial charge in [-0.2, -0.15) is 0 Å². The Morgan fingerprint density at radius 2 is 1.89 bits per heavy atom. The van der Waals surface area contributed by atoms with Crippen LogP contribution in [0.15, 0.2) is 22.7 Å². The Bertz CT molecular complexity index is 374. The zero-order valence-electron chi connectivity index (χ0n) is 11.7. The lowest BCUT2D eigenvalue weighted by Gasteiger charge is -2.22. The molecule has 5 heteroatoms. The van der Waals surface area contributed by atoms with E-state index < -0.39 is 0 Å². The van der Waals surface area contributed by atoms with E-state index in [9.17, 15) is 0 Å². The Morgan fingerprint density at radius 1 is 1.16 bits per heavy atom. The van der Waals surface area contributed by atoms with E-state index >= 15 is 0 Å². The molecule has 0 aliphatic heterocycles. The second kappa shape index (κ2) is 9.31. The van der Waals surface area contributed by atoms with Crippen LogP contribution in [0.3, 0.4) is 0 Å². The second-order valence-electron chi connectivity index (χ2n) is 4.47. The summed E-state index contributed by atoms with van der Waals surface area (Å²) in [5.74, 6) is 0. The van der Waals surface area contributed by atoms with Gasteiger partial charge in [-0.05, 0) is 30.2 Å². The van der Waals surface area contributed by atoms with Crippen molar-refractivity contribution in [1.82, 2.24) is 4.90 Å². The van der Waals surface area contributed by atoms with E-state index in [4.69, 9.17) is 15.2 Å². The molecule has 0 aliphatic carbocycles. The fourth-order valence-electron chi connectivity index (χ4n) is 1.88.